The molecule has 1 nitrogen and oxygen atoms in total. The van der Waals surface area contributed by atoms with E-state index in [4.69, 9.17) is 0 Å². The fourth-order valence-electron chi connectivity index (χ4n) is 2.05. The van der Waals surface area contributed by atoms with Crippen molar-refractivity contribution in [1.82, 2.24) is 0 Å². The number of halogens is 1. The van der Waals surface area contributed by atoms with Crippen LogP contribution in [0.4, 0.5) is 4.39 Å². The summed E-state index contributed by atoms with van der Waals surface area (Å²) in [7, 11) is 0. The van der Waals surface area contributed by atoms with Gasteiger partial charge in [0.1, 0.15) is 11.4 Å². The molecule has 0 amide bonds. The van der Waals surface area contributed by atoms with Crippen LogP contribution in [0.15, 0.2) is 35.7 Å². The minimum absolute atomic E-state index is 0.263. The maximum Gasteiger partial charge on any atom is 0.123 e. The lowest BCUT2D eigenvalue weighted by Crippen LogP contribution is -2.23. The summed E-state index contributed by atoms with van der Waals surface area (Å²) in [5.74, 6) is -0.263. The Morgan fingerprint density at radius 2 is 2.12 bits per heavy atom. The predicted octanol–water partition coefficient (Wildman–Crippen LogP) is 3.65. The van der Waals surface area contributed by atoms with Crippen LogP contribution in [0, 0.1) is 12.7 Å². The Bertz CT molecular complexity index is 516. The molecule has 0 fully saturated rings. The molecule has 0 aliphatic carbocycles. The molecule has 1 atom stereocenters. The molecule has 3 heteroatoms. The van der Waals surface area contributed by atoms with Crippen LogP contribution >= 0.6 is 11.3 Å². The van der Waals surface area contributed by atoms with E-state index in [0.29, 0.717) is 6.42 Å². The molecule has 1 heterocycles. The van der Waals surface area contributed by atoms with Gasteiger partial charge >= 0.3 is 0 Å². The van der Waals surface area contributed by atoms with Gasteiger partial charge in [-0.05, 0) is 48.6 Å². The maximum atomic E-state index is 13.1. The first-order valence-corrected chi connectivity index (χ1v) is 6.38. The summed E-state index contributed by atoms with van der Waals surface area (Å²) in [4.78, 5) is 0.946. The van der Waals surface area contributed by atoms with Gasteiger partial charge in [-0.2, -0.15) is 0 Å². The van der Waals surface area contributed by atoms with Gasteiger partial charge in [-0.25, -0.2) is 4.39 Å². The molecule has 1 aromatic heterocycles. The van der Waals surface area contributed by atoms with Crippen molar-refractivity contribution in [2.24, 2.45) is 0 Å². The van der Waals surface area contributed by atoms with Crippen molar-refractivity contribution in [3.8, 4) is 0 Å². The largest absolute Gasteiger partial charge is 0.384 e. The molecular formula is C14H15FOS. The summed E-state index contributed by atoms with van der Waals surface area (Å²) in [5, 5.41) is 12.5. The van der Waals surface area contributed by atoms with Crippen molar-refractivity contribution in [2.45, 2.75) is 25.9 Å². The van der Waals surface area contributed by atoms with Crippen molar-refractivity contribution in [1.29, 1.82) is 0 Å². The van der Waals surface area contributed by atoms with Gasteiger partial charge in [0.25, 0.3) is 0 Å². The van der Waals surface area contributed by atoms with Crippen LogP contribution in [-0.4, -0.2) is 5.11 Å². The Balaban J connectivity index is 2.26. The number of thiophene rings is 1. The molecule has 1 unspecified atom stereocenters. The third kappa shape index (κ3) is 2.73. The average Bonchev–Trinajstić information content (AvgIpc) is 2.64. The van der Waals surface area contributed by atoms with Crippen LogP contribution in [0.3, 0.4) is 0 Å². The monoisotopic (exact) mass is 250 g/mol. The van der Waals surface area contributed by atoms with Gasteiger partial charge in [-0.3, -0.25) is 0 Å². The molecule has 90 valence electrons. The second kappa shape index (κ2) is 4.59. The molecular weight excluding hydrogens is 235 g/mol. The standard InChI is InChI=1S/C14H15FOS/c1-10-6-7-17-13(10)14(2,16)9-11-4-3-5-12(15)8-11/h3-8,16H,9H2,1-2H3. The molecule has 1 aromatic carbocycles. The maximum absolute atomic E-state index is 13.1. The van der Waals surface area contributed by atoms with Gasteiger partial charge in [0, 0.05) is 11.3 Å². The van der Waals surface area contributed by atoms with Gasteiger partial charge in [0.05, 0.1) is 0 Å². The minimum Gasteiger partial charge on any atom is -0.384 e. The highest BCUT2D eigenvalue weighted by atomic mass is 32.1. The lowest BCUT2D eigenvalue weighted by molar-refractivity contribution is 0.0608. The van der Waals surface area contributed by atoms with Crippen molar-refractivity contribution in [2.75, 3.05) is 0 Å². The molecule has 2 rings (SSSR count). The van der Waals surface area contributed by atoms with Gasteiger partial charge in [-0.1, -0.05) is 12.1 Å². The van der Waals surface area contributed by atoms with Crippen molar-refractivity contribution in [3.63, 3.8) is 0 Å². The quantitative estimate of drug-likeness (QED) is 0.881. The zero-order valence-corrected chi connectivity index (χ0v) is 10.7. The highest BCUT2D eigenvalue weighted by Crippen LogP contribution is 2.32. The van der Waals surface area contributed by atoms with Crippen LogP contribution in [0.2, 0.25) is 0 Å². The first-order chi connectivity index (χ1) is 7.99. The van der Waals surface area contributed by atoms with E-state index in [9.17, 15) is 9.50 Å². The number of hydrogen-bond acceptors (Lipinski definition) is 2. The van der Waals surface area contributed by atoms with E-state index in [-0.39, 0.29) is 5.82 Å². The fraction of sp³-hybridized carbons (Fsp3) is 0.286. The Morgan fingerprint density at radius 3 is 2.71 bits per heavy atom. The second-order valence-corrected chi connectivity index (χ2v) is 5.43. The number of aryl methyl sites for hydroxylation is 1. The van der Waals surface area contributed by atoms with E-state index >= 15 is 0 Å². The van der Waals surface area contributed by atoms with Crippen molar-refractivity contribution < 1.29 is 9.50 Å². The van der Waals surface area contributed by atoms with E-state index in [2.05, 4.69) is 0 Å². The Labute approximate surface area is 105 Å². The van der Waals surface area contributed by atoms with E-state index in [0.717, 1.165) is 16.0 Å². The highest BCUT2D eigenvalue weighted by Gasteiger charge is 2.26. The highest BCUT2D eigenvalue weighted by molar-refractivity contribution is 7.10. The van der Waals surface area contributed by atoms with Crippen molar-refractivity contribution in [3.05, 3.63) is 57.5 Å². The van der Waals surface area contributed by atoms with Gasteiger partial charge in [-0.15, -0.1) is 11.3 Å². The average molecular weight is 250 g/mol. The molecule has 0 bridgehead atoms. The smallest absolute Gasteiger partial charge is 0.123 e. The van der Waals surface area contributed by atoms with Crippen LogP contribution in [0.5, 0.6) is 0 Å². The summed E-state index contributed by atoms with van der Waals surface area (Å²) >= 11 is 1.54. The molecule has 2 aromatic rings. The lowest BCUT2D eigenvalue weighted by atomic mass is 9.93. The van der Waals surface area contributed by atoms with E-state index in [1.54, 1.807) is 13.0 Å². The van der Waals surface area contributed by atoms with E-state index in [1.165, 1.54) is 23.5 Å². The minimum atomic E-state index is -0.938. The number of rotatable bonds is 3. The summed E-state index contributed by atoms with van der Waals surface area (Å²) in [6.45, 7) is 3.75. The fourth-order valence-corrected chi connectivity index (χ4v) is 3.04. The molecule has 0 aliphatic rings. The van der Waals surface area contributed by atoms with Crippen LogP contribution in [0.25, 0.3) is 0 Å². The normalized spacial score (nSPS) is 14.6. The topological polar surface area (TPSA) is 20.2 Å². The summed E-state index contributed by atoms with van der Waals surface area (Å²) < 4.78 is 13.1. The molecule has 0 radical (unpaired) electrons. The van der Waals surface area contributed by atoms with E-state index in [1.807, 2.05) is 24.4 Å². The third-order valence-electron chi connectivity index (χ3n) is 2.79. The first-order valence-electron chi connectivity index (χ1n) is 5.50. The summed E-state index contributed by atoms with van der Waals surface area (Å²) in [6, 6.07) is 8.37. The lowest BCUT2D eigenvalue weighted by Gasteiger charge is -2.23. The Kier molecular flexibility index (Phi) is 3.31. The van der Waals surface area contributed by atoms with Gasteiger partial charge in [0.2, 0.25) is 0 Å². The van der Waals surface area contributed by atoms with E-state index < -0.39 is 5.60 Å². The second-order valence-electron chi connectivity index (χ2n) is 4.51. The summed E-state index contributed by atoms with van der Waals surface area (Å²) in [6.07, 6.45) is 0.423. The Hall–Kier alpha value is -1.19. The number of hydrogen-bond donors (Lipinski definition) is 1. The third-order valence-corrected chi connectivity index (χ3v) is 4.06. The number of aliphatic hydroxyl groups is 1. The molecule has 0 aliphatic heterocycles. The summed E-state index contributed by atoms with van der Waals surface area (Å²) in [5.41, 5.74) is 0.950. The van der Waals surface area contributed by atoms with Crippen LogP contribution in [0.1, 0.15) is 22.9 Å². The van der Waals surface area contributed by atoms with Crippen LogP contribution < -0.4 is 0 Å². The zero-order valence-electron chi connectivity index (χ0n) is 9.90. The molecule has 17 heavy (non-hydrogen) atoms. The van der Waals surface area contributed by atoms with Crippen LogP contribution in [-0.2, 0) is 12.0 Å². The SMILES string of the molecule is Cc1ccsc1C(C)(O)Cc1cccc(F)c1. The van der Waals surface area contributed by atoms with Gasteiger partial charge < -0.3 is 5.11 Å². The molecule has 0 spiro atoms. The predicted molar refractivity (Wildman–Crippen MR) is 68.7 cm³/mol. The molecule has 0 saturated carbocycles. The Morgan fingerprint density at radius 1 is 1.35 bits per heavy atom. The zero-order chi connectivity index (χ0) is 12.5. The van der Waals surface area contributed by atoms with Gasteiger partial charge in [0.15, 0.2) is 0 Å². The molecule has 0 saturated heterocycles. The molecule has 1 N–H and O–H groups in total. The first kappa shape index (κ1) is 12.3. The van der Waals surface area contributed by atoms with Crippen molar-refractivity contribution >= 4 is 11.3 Å². The number of benzene rings is 1.